The van der Waals surface area contributed by atoms with E-state index < -0.39 is 0 Å². The molecule has 3 N–H and O–H groups in total. The summed E-state index contributed by atoms with van der Waals surface area (Å²) in [5, 5.41) is 2.87. The summed E-state index contributed by atoms with van der Waals surface area (Å²) < 4.78 is 12.8. The fourth-order valence-electron chi connectivity index (χ4n) is 1.87. The molecule has 0 fully saturated rings. The summed E-state index contributed by atoms with van der Waals surface area (Å²) in [5.74, 6) is -0.0913. The zero-order chi connectivity index (χ0) is 14.5. The van der Waals surface area contributed by atoms with E-state index in [1.807, 2.05) is 6.92 Å². The second-order valence-electron chi connectivity index (χ2n) is 4.68. The molecule has 20 heavy (non-hydrogen) atoms. The number of benzene rings is 1. The van der Waals surface area contributed by atoms with Gasteiger partial charge in [-0.05, 0) is 43.2 Å². The van der Waals surface area contributed by atoms with Gasteiger partial charge in [-0.1, -0.05) is 12.1 Å². The van der Waals surface area contributed by atoms with Crippen molar-refractivity contribution in [2.45, 2.75) is 19.4 Å². The minimum atomic E-state index is -0.265. The molecule has 0 spiro atoms. The van der Waals surface area contributed by atoms with Gasteiger partial charge in [0, 0.05) is 12.2 Å². The van der Waals surface area contributed by atoms with Crippen LogP contribution in [0.4, 0.5) is 10.2 Å². The predicted molar refractivity (Wildman–Crippen MR) is 75.7 cm³/mol. The van der Waals surface area contributed by atoms with Crippen LogP contribution in [0.2, 0.25) is 0 Å². The average molecular weight is 273 g/mol. The Kier molecular flexibility index (Phi) is 4.30. The molecule has 2 aromatic rings. The van der Waals surface area contributed by atoms with Crippen LogP contribution in [0.5, 0.6) is 0 Å². The van der Waals surface area contributed by atoms with Crippen molar-refractivity contribution in [1.82, 2.24) is 10.3 Å². The molecule has 1 aromatic carbocycles. The summed E-state index contributed by atoms with van der Waals surface area (Å²) >= 11 is 0. The highest BCUT2D eigenvalue weighted by Crippen LogP contribution is 2.07. The topological polar surface area (TPSA) is 68.0 Å². The number of pyridine rings is 1. The number of nitrogens with one attached hydrogen (secondary N) is 1. The van der Waals surface area contributed by atoms with Gasteiger partial charge >= 0.3 is 0 Å². The Morgan fingerprint density at radius 2 is 2.00 bits per heavy atom. The number of halogens is 1. The number of amides is 1. The number of hydrogen-bond donors (Lipinski definition) is 2. The van der Waals surface area contributed by atoms with Crippen molar-refractivity contribution < 1.29 is 9.18 Å². The summed E-state index contributed by atoms with van der Waals surface area (Å²) in [6, 6.07) is 9.39. The van der Waals surface area contributed by atoms with E-state index in [-0.39, 0.29) is 17.8 Å². The number of nitrogen functional groups attached to an aromatic ring is 1. The molecule has 1 amide bonds. The SMILES string of the molecule is CC(Cc1ccc(F)cc1)NC(=O)c1ccc(N)nc1. The van der Waals surface area contributed by atoms with Gasteiger partial charge in [0.2, 0.25) is 0 Å². The Morgan fingerprint density at radius 1 is 1.30 bits per heavy atom. The van der Waals surface area contributed by atoms with Crippen molar-refractivity contribution in [1.29, 1.82) is 0 Å². The van der Waals surface area contributed by atoms with Crippen molar-refractivity contribution in [2.75, 3.05) is 5.73 Å². The first kappa shape index (κ1) is 14.0. The lowest BCUT2D eigenvalue weighted by Gasteiger charge is -2.14. The number of aromatic nitrogens is 1. The molecular formula is C15H16FN3O. The maximum absolute atomic E-state index is 12.8. The largest absolute Gasteiger partial charge is 0.384 e. The minimum Gasteiger partial charge on any atom is -0.384 e. The van der Waals surface area contributed by atoms with Crippen LogP contribution in [0, 0.1) is 5.82 Å². The summed E-state index contributed by atoms with van der Waals surface area (Å²) in [5.41, 5.74) is 6.90. The Balaban J connectivity index is 1.93. The number of anilines is 1. The number of carbonyl (C=O) groups excluding carboxylic acids is 1. The molecule has 0 aliphatic rings. The summed E-state index contributed by atoms with van der Waals surface area (Å²) in [7, 11) is 0. The molecule has 2 rings (SSSR count). The third kappa shape index (κ3) is 3.78. The summed E-state index contributed by atoms with van der Waals surface area (Å²) in [6.07, 6.45) is 2.07. The van der Waals surface area contributed by atoms with Gasteiger partial charge in [0.05, 0.1) is 5.56 Å². The highest BCUT2D eigenvalue weighted by Gasteiger charge is 2.10. The number of carbonyl (C=O) groups is 1. The van der Waals surface area contributed by atoms with E-state index in [1.54, 1.807) is 24.3 Å². The quantitative estimate of drug-likeness (QED) is 0.897. The number of hydrogen-bond acceptors (Lipinski definition) is 3. The van der Waals surface area contributed by atoms with Gasteiger partial charge in [-0.15, -0.1) is 0 Å². The lowest BCUT2D eigenvalue weighted by molar-refractivity contribution is 0.0940. The van der Waals surface area contributed by atoms with E-state index in [0.717, 1.165) is 5.56 Å². The van der Waals surface area contributed by atoms with Crippen molar-refractivity contribution in [3.63, 3.8) is 0 Å². The lowest BCUT2D eigenvalue weighted by atomic mass is 10.1. The second kappa shape index (κ2) is 6.14. The Hall–Kier alpha value is -2.43. The highest BCUT2D eigenvalue weighted by molar-refractivity contribution is 5.94. The first-order chi connectivity index (χ1) is 9.54. The van der Waals surface area contributed by atoms with E-state index >= 15 is 0 Å². The first-order valence-electron chi connectivity index (χ1n) is 6.31. The van der Waals surface area contributed by atoms with Crippen LogP contribution in [0.25, 0.3) is 0 Å². The monoisotopic (exact) mass is 273 g/mol. The zero-order valence-corrected chi connectivity index (χ0v) is 11.1. The number of nitrogens with zero attached hydrogens (tertiary/aromatic N) is 1. The predicted octanol–water partition coefficient (Wildman–Crippen LogP) is 2.16. The van der Waals surface area contributed by atoms with Gasteiger partial charge in [-0.3, -0.25) is 4.79 Å². The van der Waals surface area contributed by atoms with E-state index in [1.165, 1.54) is 18.3 Å². The van der Waals surface area contributed by atoms with Crippen molar-refractivity contribution in [3.05, 3.63) is 59.5 Å². The fourth-order valence-corrected chi connectivity index (χ4v) is 1.87. The number of rotatable bonds is 4. The molecule has 0 bridgehead atoms. The van der Waals surface area contributed by atoms with Crippen LogP contribution in [0.15, 0.2) is 42.6 Å². The third-order valence-corrected chi connectivity index (χ3v) is 2.88. The van der Waals surface area contributed by atoms with E-state index in [4.69, 9.17) is 5.73 Å². The van der Waals surface area contributed by atoms with Crippen LogP contribution in [-0.4, -0.2) is 16.9 Å². The summed E-state index contributed by atoms with van der Waals surface area (Å²) in [4.78, 5) is 15.8. The van der Waals surface area contributed by atoms with Gasteiger partial charge in [0.1, 0.15) is 11.6 Å². The zero-order valence-electron chi connectivity index (χ0n) is 11.1. The first-order valence-corrected chi connectivity index (χ1v) is 6.31. The molecule has 1 aromatic heterocycles. The van der Waals surface area contributed by atoms with Gasteiger partial charge in [0.25, 0.3) is 5.91 Å². The molecular weight excluding hydrogens is 257 g/mol. The smallest absolute Gasteiger partial charge is 0.253 e. The second-order valence-corrected chi connectivity index (χ2v) is 4.68. The molecule has 0 aliphatic carbocycles. The van der Waals surface area contributed by atoms with Crippen LogP contribution in [0.1, 0.15) is 22.8 Å². The molecule has 0 saturated carbocycles. The van der Waals surface area contributed by atoms with Crippen molar-refractivity contribution >= 4 is 11.7 Å². The molecule has 5 heteroatoms. The molecule has 1 atom stereocenters. The molecule has 0 radical (unpaired) electrons. The molecule has 1 heterocycles. The fraction of sp³-hybridized carbons (Fsp3) is 0.200. The average Bonchev–Trinajstić information content (AvgIpc) is 2.42. The molecule has 0 saturated heterocycles. The van der Waals surface area contributed by atoms with Gasteiger partial charge < -0.3 is 11.1 Å². The van der Waals surface area contributed by atoms with Gasteiger partial charge in [-0.25, -0.2) is 9.37 Å². The number of nitrogens with two attached hydrogens (primary N) is 1. The highest BCUT2D eigenvalue weighted by atomic mass is 19.1. The van der Waals surface area contributed by atoms with E-state index in [0.29, 0.717) is 17.8 Å². The molecule has 0 aliphatic heterocycles. The summed E-state index contributed by atoms with van der Waals surface area (Å²) in [6.45, 7) is 1.89. The minimum absolute atomic E-state index is 0.0643. The standard InChI is InChI=1S/C15H16FN3O/c1-10(8-11-2-5-13(16)6-3-11)19-15(20)12-4-7-14(17)18-9-12/h2-7,9-10H,8H2,1H3,(H2,17,18)(H,19,20). The van der Waals surface area contributed by atoms with Crippen molar-refractivity contribution in [2.24, 2.45) is 0 Å². The molecule has 4 nitrogen and oxygen atoms in total. The normalized spacial score (nSPS) is 11.9. The van der Waals surface area contributed by atoms with Crippen molar-refractivity contribution in [3.8, 4) is 0 Å². The van der Waals surface area contributed by atoms with Crippen LogP contribution in [0.3, 0.4) is 0 Å². The maximum atomic E-state index is 12.8. The van der Waals surface area contributed by atoms with Gasteiger partial charge in [0.15, 0.2) is 0 Å². The Morgan fingerprint density at radius 3 is 2.60 bits per heavy atom. The van der Waals surface area contributed by atoms with Crippen LogP contribution >= 0.6 is 0 Å². The molecule has 104 valence electrons. The van der Waals surface area contributed by atoms with Crippen LogP contribution < -0.4 is 11.1 Å². The Labute approximate surface area is 116 Å². The lowest BCUT2D eigenvalue weighted by Crippen LogP contribution is -2.34. The maximum Gasteiger partial charge on any atom is 0.253 e. The van der Waals surface area contributed by atoms with E-state index in [9.17, 15) is 9.18 Å². The Bertz CT molecular complexity index is 581. The third-order valence-electron chi connectivity index (χ3n) is 2.88. The van der Waals surface area contributed by atoms with E-state index in [2.05, 4.69) is 10.3 Å². The van der Waals surface area contributed by atoms with Crippen LogP contribution in [-0.2, 0) is 6.42 Å². The van der Waals surface area contributed by atoms with Gasteiger partial charge in [-0.2, -0.15) is 0 Å². The molecule has 1 unspecified atom stereocenters.